The molecule has 4 rings (SSSR count). The Morgan fingerprint density at radius 2 is 1.20 bits per heavy atom. The van der Waals surface area contributed by atoms with E-state index in [0.29, 0.717) is 5.69 Å². The topological polar surface area (TPSA) is 151 Å². The molecule has 6 N–H and O–H groups in total. The van der Waals surface area contributed by atoms with Crippen molar-refractivity contribution in [1.82, 2.24) is 0 Å². The van der Waals surface area contributed by atoms with Crippen LogP contribution in [0.1, 0.15) is 16.7 Å². The summed E-state index contributed by atoms with van der Waals surface area (Å²) in [6, 6.07) is 26.1. The maximum absolute atomic E-state index is 9.51. The van der Waals surface area contributed by atoms with Gasteiger partial charge >= 0.3 is 0 Å². The SMILES string of the molecule is C=C.C=O.CN(C)c1ccc(N)cc1.CO.COC.C[n+]1ccc(/C(=N\N=C\c2ccc(N)cc2)c2ccc(O)cc2)cc1. The van der Waals surface area contributed by atoms with E-state index < -0.39 is 0 Å². The average molecular weight is 604 g/mol. The van der Waals surface area contributed by atoms with Gasteiger partial charge in [-0.25, -0.2) is 4.57 Å². The molecule has 0 saturated heterocycles. The van der Waals surface area contributed by atoms with Crippen LogP contribution in [-0.4, -0.2) is 64.4 Å². The highest BCUT2D eigenvalue weighted by Gasteiger charge is 2.09. The van der Waals surface area contributed by atoms with Gasteiger partial charge in [0.1, 0.15) is 25.3 Å². The normalized spacial score (nSPS) is 9.57. The van der Waals surface area contributed by atoms with Crippen LogP contribution in [0.5, 0.6) is 5.75 Å². The number of nitrogen functional groups attached to an aromatic ring is 2. The first kappa shape index (κ1) is 40.8. The highest BCUT2D eigenvalue weighted by atomic mass is 16.4. The third kappa shape index (κ3) is 16.8. The van der Waals surface area contributed by atoms with Gasteiger partial charge in [0.25, 0.3) is 0 Å². The van der Waals surface area contributed by atoms with Gasteiger partial charge in [-0.15, -0.1) is 18.3 Å². The molecule has 10 heteroatoms. The van der Waals surface area contributed by atoms with Gasteiger partial charge in [0.05, 0.1) is 6.21 Å². The highest BCUT2D eigenvalue weighted by Crippen LogP contribution is 2.15. The van der Waals surface area contributed by atoms with Crippen LogP contribution in [0.25, 0.3) is 0 Å². The lowest BCUT2D eigenvalue weighted by molar-refractivity contribution is -0.671. The number of benzene rings is 3. The second-order valence-corrected chi connectivity index (χ2v) is 8.55. The summed E-state index contributed by atoms with van der Waals surface area (Å²) in [7, 11) is 10.2. The third-order valence-corrected chi connectivity index (χ3v) is 5.10. The number of aryl methyl sites for hydroxylation is 1. The molecule has 0 amide bonds. The number of phenolic OH excluding ortho intramolecular Hbond substituents is 1. The quantitative estimate of drug-likeness (QED) is 0.0863. The number of rotatable bonds is 5. The van der Waals surface area contributed by atoms with E-state index in [9.17, 15) is 5.11 Å². The molecule has 0 aliphatic carbocycles. The van der Waals surface area contributed by atoms with E-state index >= 15 is 0 Å². The van der Waals surface area contributed by atoms with Crippen molar-refractivity contribution < 1.29 is 24.3 Å². The van der Waals surface area contributed by atoms with Crippen LogP contribution in [-0.2, 0) is 16.6 Å². The lowest BCUT2D eigenvalue weighted by Gasteiger charge is -2.11. The number of pyridine rings is 1. The molecule has 1 aromatic heterocycles. The Labute approximate surface area is 261 Å². The third-order valence-electron chi connectivity index (χ3n) is 5.10. The van der Waals surface area contributed by atoms with E-state index in [0.717, 1.165) is 35.2 Å². The summed E-state index contributed by atoms with van der Waals surface area (Å²) in [5.41, 5.74) is 17.4. The summed E-state index contributed by atoms with van der Waals surface area (Å²) >= 11 is 0. The molecule has 0 saturated carbocycles. The van der Waals surface area contributed by atoms with Crippen molar-refractivity contribution in [2.75, 3.05) is 51.8 Å². The van der Waals surface area contributed by atoms with Crippen molar-refractivity contribution in [3.8, 4) is 5.75 Å². The van der Waals surface area contributed by atoms with Gasteiger partial charge in [0.2, 0.25) is 0 Å². The first-order valence-corrected chi connectivity index (χ1v) is 13.1. The van der Waals surface area contributed by atoms with E-state index in [4.69, 9.17) is 21.4 Å². The van der Waals surface area contributed by atoms with Gasteiger partial charge in [-0.05, 0) is 66.2 Å². The molecule has 0 aliphatic heterocycles. The smallest absolute Gasteiger partial charge is 0.169 e. The van der Waals surface area contributed by atoms with E-state index in [1.54, 1.807) is 32.6 Å². The molecule has 236 valence electrons. The Bertz CT molecular complexity index is 1280. The number of nitrogens with zero attached hydrogens (tertiary/aromatic N) is 4. The molecule has 10 nitrogen and oxygen atoms in total. The van der Waals surface area contributed by atoms with Crippen LogP contribution in [0, 0.1) is 0 Å². The maximum atomic E-state index is 9.51. The molecular formula is C34H47N6O4+. The summed E-state index contributed by atoms with van der Waals surface area (Å²) in [5.74, 6) is 0.216. The van der Waals surface area contributed by atoms with Gasteiger partial charge in [-0.2, -0.15) is 5.10 Å². The van der Waals surface area contributed by atoms with Crippen molar-refractivity contribution in [2.24, 2.45) is 17.3 Å². The number of ether oxygens (including phenoxy) is 1. The largest absolute Gasteiger partial charge is 0.508 e. The number of hydrogen-bond donors (Lipinski definition) is 4. The number of phenols is 1. The van der Waals surface area contributed by atoms with Crippen LogP contribution >= 0.6 is 0 Å². The number of hydrogen-bond acceptors (Lipinski definition) is 9. The second kappa shape index (κ2) is 25.4. The van der Waals surface area contributed by atoms with Gasteiger partial charge in [0.15, 0.2) is 12.4 Å². The van der Waals surface area contributed by atoms with E-state index in [2.05, 4.69) is 28.1 Å². The van der Waals surface area contributed by atoms with Crippen molar-refractivity contribution in [3.05, 3.63) is 127 Å². The van der Waals surface area contributed by atoms with E-state index in [1.807, 2.05) is 123 Å². The van der Waals surface area contributed by atoms with Crippen LogP contribution in [0.3, 0.4) is 0 Å². The fraction of sp³-hybridized carbons (Fsp3) is 0.176. The van der Waals surface area contributed by atoms with Crippen molar-refractivity contribution in [1.29, 1.82) is 0 Å². The van der Waals surface area contributed by atoms with Gasteiger partial charge < -0.3 is 36.1 Å². The molecule has 0 fully saturated rings. The number of carbonyl (C=O) groups excluding carboxylic acids is 1. The zero-order valence-electron chi connectivity index (χ0n) is 26.6. The van der Waals surface area contributed by atoms with Crippen molar-refractivity contribution in [2.45, 2.75) is 0 Å². The predicted octanol–water partition coefficient (Wildman–Crippen LogP) is 4.49. The summed E-state index contributed by atoms with van der Waals surface area (Å²) < 4.78 is 6.20. The minimum atomic E-state index is 0.216. The fourth-order valence-electron chi connectivity index (χ4n) is 3.07. The van der Waals surface area contributed by atoms with Gasteiger partial charge in [0, 0.05) is 75.7 Å². The summed E-state index contributed by atoms with van der Waals surface area (Å²) in [5, 5.41) is 25.1. The van der Waals surface area contributed by atoms with Crippen LogP contribution in [0.4, 0.5) is 17.1 Å². The maximum Gasteiger partial charge on any atom is 0.169 e. The highest BCUT2D eigenvalue weighted by molar-refractivity contribution is 6.12. The number of nitrogens with two attached hydrogens (primary N) is 2. The van der Waals surface area contributed by atoms with Crippen molar-refractivity contribution in [3.63, 3.8) is 0 Å². The van der Waals surface area contributed by atoms with Crippen LogP contribution in [0.15, 0.2) is 121 Å². The summed E-state index contributed by atoms with van der Waals surface area (Å²) in [6.07, 6.45) is 5.59. The molecule has 0 atom stereocenters. The first-order chi connectivity index (χ1) is 21.2. The van der Waals surface area contributed by atoms with Crippen LogP contribution < -0.4 is 20.9 Å². The number of methoxy groups -OCH3 is 1. The lowest BCUT2D eigenvalue weighted by Crippen LogP contribution is -2.26. The summed E-state index contributed by atoms with van der Waals surface area (Å²) in [6.45, 7) is 8.00. The van der Waals surface area contributed by atoms with Gasteiger partial charge in [-0.1, -0.05) is 12.1 Å². The standard InChI is InChI=1S/C20H18N4O.C8H12N2.C2H6O.C2H4.CH4O.CH2O/c1-24-12-10-17(11-13-24)20(16-4-8-19(25)9-5-16)23-22-14-15-2-6-18(21)7-3-15;1-10(2)8-5-3-7(9)4-6-8;1-3-2;3*1-2/h2-14,21,25H,1H3;3-6H,9H2,1-2H3;1-2H3;1-2H2;2H,1H3;1H2/p+1. The molecule has 0 unspecified atom stereocenters. The lowest BCUT2D eigenvalue weighted by atomic mass is 10.0. The Balaban J connectivity index is 0. The average Bonchev–Trinajstić information content (AvgIpc) is 3.05. The Morgan fingerprint density at radius 1 is 0.795 bits per heavy atom. The zero-order chi connectivity index (χ0) is 33.9. The minimum absolute atomic E-state index is 0.216. The number of aliphatic hydroxyl groups is 1. The van der Waals surface area contributed by atoms with Crippen molar-refractivity contribution >= 4 is 35.8 Å². The number of aromatic nitrogens is 1. The minimum Gasteiger partial charge on any atom is -0.508 e. The molecule has 0 spiro atoms. The number of aromatic hydroxyl groups is 1. The Morgan fingerprint density at radius 3 is 1.64 bits per heavy atom. The predicted molar refractivity (Wildman–Crippen MR) is 184 cm³/mol. The van der Waals surface area contributed by atoms with E-state index in [1.165, 1.54) is 5.69 Å². The van der Waals surface area contributed by atoms with E-state index in [-0.39, 0.29) is 5.75 Å². The molecule has 0 bridgehead atoms. The summed E-state index contributed by atoms with van der Waals surface area (Å²) in [4.78, 5) is 10.0. The molecule has 0 aliphatic rings. The van der Waals surface area contributed by atoms with Crippen LogP contribution in [0.2, 0.25) is 0 Å². The Kier molecular flexibility index (Phi) is 23.6. The molecule has 3 aromatic carbocycles. The fourth-order valence-corrected chi connectivity index (χ4v) is 3.07. The molecule has 4 aromatic rings. The number of aliphatic hydroxyl groups excluding tert-OH is 1. The number of anilines is 3. The zero-order valence-corrected chi connectivity index (χ0v) is 26.6. The molecule has 1 heterocycles. The molecular weight excluding hydrogens is 556 g/mol. The monoisotopic (exact) mass is 603 g/mol. The first-order valence-electron chi connectivity index (χ1n) is 13.1. The number of carbonyl (C=O) groups is 1. The Hall–Kier alpha value is -5.32. The second-order valence-electron chi connectivity index (χ2n) is 8.55. The molecule has 0 radical (unpaired) electrons. The van der Waals surface area contributed by atoms with Gasteiger partial charge in [-0.3, -0.25) is 0 Å². The molecule has 44 heavy (non-hydrogen) atoms.